The van der Waals surface area contributed by atoms with Crippen molar-refractivity contribution < 1.29 is 28.6 Å². The summed E-state index contributed by atoms with van der Waals surface area (Å²) in [6, 6.07) is 25.2. The number of carbonyl (C=O) groups is 3. The molecule has 1 heterocycles. The minimum atomic E-state index is -0.826. The Morgan fingerprint density at radius 1 is 0.814 bits per heavy atom. The molecular formula is C34H29IN2O6. The van der Waals surface area contributed by atoms with E-state index >= 15 is 0 Å². The van der Waals surface area contributed by atoms with Crippen LogP contribution in [0.5, 0.6) is 17.2 Å². The average Bonchev–Trinajstić information content (AvgIpc) is 2.99. The zero-order valence-corrected chi connectivity index (χ0v) is 26.0. The SMILES string of the molecule is COc1cc(/C=C2\C(=O)NC(=O)N(c3ccc(OCc4ccc(C)cc4)cc3)C2=O)cc(I)c1OCc1cccc(C)c1. The molecule has 43 heavy (non-hydrogen) atoms. The normalized spacial score (nSPS) is 14.1. The van der Waals surface area contributed by atoms with Crippen LogP contribution in [0, 0.1) is 17.4 Å². The van der Waals surface area contributed by atoms with E-state index in [0.29, 0.717) is 41.7 Å². The van der Waals surface area contributed by atoms with Crippen molar-refractivity contribution in [2.75, 3.05) is 12.0 Å². The van der Waals surface area contributed by atoms with Crippen LogP contribution in [0.1, 0.15) is 27.8 Å². The van der Waals surface area contributed by atoms with Crippen molar-refractivity contribution in [2.24, 2.45) is 0 Å². The number of nitrogens with zero attached hydrogens (tertiary/aromatic N) is 1. The predicted octanol–water partition coefficient (Wildman–Crippen LogP) is 6.74. The summed E-state index contributed by atoms with van der Waals surface area (Å²) in [6.07, 6.45) is 1.44. The maximum absolute atomic E-state index is 13.5. The summed E-state index contributed by atoms with van der Waals surface area (Å²) in [4.78, 5) is 39.9. The summed E-state index contributed by atoms with van der Waals surface area (Å²) in [5.74, 6) is 0.0539. The number of halogens is 1. The Kier molecular flexibility index (Phi) is 9.10. The number of barbiturate groups is 1. The van der Waals surface area contributed by atoms with E-state index in [1.807, 2.05) is 62.4 Å². The van der Waals surface area contributed by atoms with Gasteiger partial charge in [0.25, 0.3) is 11.8 Å². The van der Waals surface area contributed by atoms with Gasteiger partial charge >= 0.3 is 6.03 Å². The van der Waals surface area contributed by atoms with Crippen molar-refractivity contribution in [3.8, 4) is 17.2 Å². The molecule has 0 atom stereocenters. The molecule has 9 heteroatoms. The molecule has 0 spiro atoms. The lowest BCUT2D eigenvalue weighted by molar-refractivity contribution is -0.122. The average molecular weight is 689 g/mol. The van der Waals surface area contributed by atoms with Crippen LogP contribution in [0.4, 0.5) is 10.5 Å². The molecular weight excluding hydrogens is 659 g/mol. The summed E-state index contributed by atoms with van der Waals surface area (Å²) in [5.41, 5.74) is 4.99. The number of benzene rings is 4. The van der Waals surface area contributed by atoms with E-state index in [2.05, 4.69) is 27.9 Å². The molecule has 1 aliphatic heterocycles. The van der Waals surface area contributed by atoms with Crippen LogP contribution in [0.2, 0.25) is 0 Å². The number of aryl methyl sites for hydroxylation is 2. The first-order valence-electron chi connectivity index (χ1n) is 13.5. The summed E-state index contributed by atoms with van der Waals surface area (Å²) in [7, 11) is 1.52. The van der Waals surface area contributed by atoms with Crippen molar-refractivity contribution in [3.05, 3.63) is 122 Å². The van der Waals surface area contributed by atoms with Gasteiger partial charge in [-0.2, -0.15) is 0 Å². The van der Waals surface area contributed by atoms with Gasteiger partial charge in [0.1, 0.15) is 24.5 Å². The van der Waals surface area contributed by atoms with Gasteiger partial charge in [0.2, 0.25) is 0 Å². The van der Waals surface area contributed by atoms with Crippen LogP contribution >= 0.6 is 22.6 Å². The molecule has 0 aliphatic carbocycles. The van der Waals surface area contributed by atoms with Crippen LogP contribution in [0.15, 0.2) is 90.5 Å². The van der Waals surface area contributed by atoms with E-state index in [9.17, 15) is 14.4 Å². The second-order valence-corrected chi connectivity index (χ2v) is 11.2. The fraction of sp³-hybridized carbons (Fsp3) is 0.147. The molecule has 5 rings (SSSR count). The van der Waals surface area contributed by atoms with E-state index in [1.165, 1.54) is 18.7 Å². The number of rotatable bonds is 9. The predicted molar refractivity (Wildman–Crippen MR) is 172 cm³/mol. The fourth-order valence-electron chi connectivity index (χ4n) is 4.52. The number of methoxy groups -OCH3 is 1. The number of imide groups is 2. The third-order valence-electron chi connectivity index (χ3n) is 6.75. The third kappa shape index (κ3) is 7.06. The molecule has 4 aromatic carbocycles. The van der Waals surface area contributed by atoms with Gasteiger partial charge in [-0.05, 0) is 95.6 Å². The first-order valence-corrected chi connectivity index (χ1v) is 14.6. The number of nitrogens with one attached hydrogen (secondary N) is 1. The highest BCUT2D eigenvalue weighted by molar-refractivity contribution is 14.1. The lowest BCUT2D eigenvalue weighted by Crippen LogP contribution is -2.54. The van der Waals surface area contributed by atoms with E-state index in [0.717, 1.165) is 25.2 Å². The molecule has 1 fully saturated rings. The number of hydrogen-bond acceptors (Lipinski definition) is 6. The standard InChI is InChI=1S/C34H29IN2O6/c1-21-7-9-23(10-8-21)19-42-27-13-11-26(12-14-27)37-33(39)28(32(38)36-34(37)40)16-25-17-29(35)31(30(18-25)41-3)43-20-24-6-4-5-22(2)15-24/h4-18H,19-20H2,1-3H3,(H,36,38,40)/b28-16+. The van der Waals surface area contributed by atoms with Crippen LogP contribution in [-0.4, -0.2) is 25.0 Å². The van der Waals surface area contributed by atoms with Crippen molar-refractivity contribution in [2.45, 2.75) is 27.1 Å². The first-order chi connectivity index (χ1) is 20.7. The smallest absolute Gasteiger partial charge is 0.335 e. The van der Waals surface area contributed by atoms with Gasteiger partial charge < -0.3 is 14.2 Å². The van der Waals surface area contributed by atoms with Gasteiger partial charge in [-0.25, -0.2) is 9.69 Å². The molecule has 8 nitrogen and oxygen atoms in total. The quantitative estimate of drug-likeness (QED) is 0.119. The maximum atomic E-state index is 13.5. The van der Waals surface area contributed by atoms with Crippen LogP contribution < -0.4 is 24.4 Å². The largest absolute Gasteiger partial charge is 0.493 e. The molecule has 1 saturated heterocycles. The topological polar surface area (TPSA) is 94.2 Å². The summed E-state index contributed by atoms with van der Waals surface area (Å²) in [5, 5.41) is 2.26. The van der Waals surface area contributed by atoms with Crippen molar-refractivity contribution in [1.82, 2.24) is 5.32 Å². The Morgan fingerprint density at radius 2 is 1.53 bits per heavy atom. The number of amides is 4. The molecule has 1 N–H and O–H groups in total. The van der Waals surface area contributed by atoms with Crippen molar-refractivity contribution in [1.29, 1.82) is 0 Å². The molecule has 4 aromatic rings. The van der Waals surface area contributed by atoms with E-state index < -0.39 is 17.8 Å². The lowest BCUT2D eigenvalue weighted by Gasteiger charge is -2.26. The highest BCUT2D eigenvalue weighted by atomic mass is 127. The Balaban J connectivity index is 1.34. The molecule has 0 saturated carbocycles. The highest BCUT2D eigenvalue weighted by Crippen LogP contribution is 2.36. The summed E-state index contributed by atoms with van der Waals surface area (Å²) < 4.78 is 18.2. The monoisotopic (exact) mass is 688 g/mol. The zero-order valence-electron chi connectivity index (χ0n) is 23.8. The van der Waals surface area contributed by atoms with E-state index in [-0.39, 0.29) is 5.57 Å². The van der Waals surface area contributed by atoms with Gasteiger partial charge in [-0.3, -0.25) is 14.9 Å². The Bertz CT molecular complexity index is 1710. The number of hydrogen-bond donors (Lipinski definition) is 1. The van der Waals surface area contributed by atoms with Gasteiger partial charge in [-0.1, -0.05) is 59.7 Å². The second-order valence-electron chi connectivity index (χ2n) is 10.0. The molecule has 218 valence electrons. The molecule has 1 aliphatic rings. The maximum Gasteiger partial charge on any atom is 0.335 e. The lowest BCUT2D eigenvalue weighted by atomic mass is 10.1. The number of ether oxygens (including phenoxy) is 3. The highest BCUT2D eigenvalue weighted by Gasteiger charge is 2.37. The molecule has 0 unspecified atom stereocenters. The van der Waals surface area contributed by atoms with Gasteiger partial charge in [0.15, 0.2) is 11.5 Å². The summed E-state index contributed by atoms with van der Waals surface area (Å²) in [6.45, 7) is 4.77. The molecule has 0 radical (unpaired) electrons. The minimum Gasteiger partial charge on any atom is -0.493 e. The third-order valence-corrected chi connectivity index (χ3v) is 7.55. The van der Waals surface area contributed by atoms with Crippen LogP contribution in [0.25, 0.3) is 6.08 Å². The van der Waals surface area contributed by atoms with Gasteiger partial charge in [0.05, 0.1) is 16.4 Å². The minimum absolute atomic E-state index is 0.189. The Labute approximate surface area is 263 Å². The number of carbonyl (C=O) groups excluding carboxylic acids is 3. The summed E-state index contributed by atoms with van der Waals surface area (Å²) >= 11 is 2.12. The van der Waals surface area contributed by atoms with Crippen LogP contribution in [-0.2, 0) is 22.8 Å². The van der Waals surface area contributed by atoms with E-state index in [1.54, 1.807) is 36.4 Å². The van der Waals surface area contributed by atoms with E-state index in [4.69, 9.17) is 14.2 Å². The fourth-order valence-corrected chi connectivity index (χ4v) is 5.30. The second kappa shape index (κ2) is 13.1. The van der Waals surface area contributed by atoms with Gasteiger partial charge in [-0.15, -0.1) is 0 Å². The van der Waals surface area contributed by atoms with Crippen LogP contribution in [0.3, 0.4) is 0 Å². The van der Waals surface area contributed by atoms with Gasteiger partial charge in [0, 0.05) is 0 Å². The zero-order chi connectivity index (χ0) is 30.5. The molecule has 0 bridgehead atoms. The van der Waals surface area contributed by atoms with Crippen molar-refractivity contribution >= 4 is 52.2 Å². The number of urea groups is 1. The Morgan fingerprint density at radius 3 is 2.23 bits per heavy atom. The molecule has 0 aromatic heterocycles. The van der Waals surface area contributed by atoms with Crippen molar-refractivity contribution in [3.63, 3.8) is 0 Å². The first kappa shape index (κ1) is 29.8. The Hall–Kier alpha value is -4.64. The molecule has 4 amide bonds. The number of anilines is 1.